The number of benzene rings is 1. The van der Waals surface area contributed by atoms with Crippen molar-refractivity contribution in [1.29, 1.82) is 0 Å². The highest BCUT2D eigenvalue weighted by atomic mass is 35.5. The SMILES string of the molecule is CC1CCC=CC2CC2(C(=O)NS(=O)(=O)C2(C)CC2)NC(=O)C2CC(Oc3cc(Cl)cc(-c4ccc(OC(C)C)cc4)n3)CN2C(=O)C(NC(=O)OC(C)(C)C)C(C)C1. The van der Waals surface area contributed by atoms with Crippen LogP contribution in [-0.4, -0.2) is 88.8 Å². The van der Waals surface area contributed by atoms with Crippen LogP contribution in [0.25, 0.3) is 11.3 Å². The summed E-state index contributed by atoms with van der Waals surface area (Å²) in [6.07, 6.45) is 5.33. The molecule has 7 unspecified atom stereocenters. The number of nitrogens with zero attached hydrogens (tertiary/aromatic N) is 2. The van der Waals surface area contributed by atoms with E-state index in [0.717, 1.165) is 12.0 Å². The Morgan fingerprint density at radius 3 is 2.41 bits per heavy atom. The lowest BCUT2D eigenvalue weighted by molar-refractivity contribution is -0.142. The quantitative estimate of drug-likeness (QED) is 0.242. The summed E-state index contributed by atoms with van der Waals surface area (Å²) in [4.78, 5) is 62.7. The molecule has 1 saturated heterocycles. The van der Waals surface area contributed by atoms with Crippen LogP contribution < -0.4 is 24.8 Å². The third-order valence-corrected chi connectivity index (χ3v) is 13.9. The average molecular weight is 856 g/mol. The highest BCUT2D eigenvalue weighted by Gasteiger charge is 2.63. The minimum atomic E-state index is -4.01. The van der Waals surface area contributed by atoms with E-state index in [1.165, 1.54) is 4.90 Å². The number of hydrogen-bond acceptors (Lipinski definition) is 10. The van der Waals surface area contributed by atoms with Gasteiger partial charge in [-0.05, 0) is 122 Å². The normalized spacial score (nSPS) is 28.3. The summed E-state index contributed by atoms with van der Waals surface area (Å²) in [5.74, 6) is -1.80. The van der Waals surface area contributed by atoms with Gasteiger partial charge in [-0.15, -0.1) is 0 Å². The Kier molecular flexibility index (Phi) is 12.7. The van der Waals surface area contributed by atoms with Crippen LogP contribution in [0.4, 0.5) is 4.79 Å². The molecule has 3 fully saturated rings. The van der Waals surface area contributed by atoms with Crippen LogP contribution in [0.1, 0.15) is 100 Å². The monoisotopic (exact) mass is 855 g/mol. The Morgan fingerprint density at radius 1 is 1.07 bits per heavy atom. The van der Waals surface area contributed by atoms with Crippen LogP contribution >= 0.6 is 11.6 Å². The maximum absolute atomic E-state index is 14.8. The number of pyridine rings is 1. The lowest BCUT2D eigenvalue weighted by Crippen LogP contribution is -2.59. The molecule has 0 spiro atoms. The summed E-state index contributed by atoms with van der Waals surface area (Å²) in [5, 5.41) is 6.06. The summed E-state index contributed by atoms with van der Waals surface area (Å²) >= 11 is 6.58. The highest BCUT2D eigenvalue weighted by Crippen LogP contribution is 2.47. The largest absolute Gasteiger partial charge is 0.491 e. The van der Waals surface area contributed by atoms with Crippen LogP contribution in [0.5, 0.6) is 11.6 Å². The maximum Gasteiger partial charge on any atom is 0.408 e. The minimum Gasteiger partial charge on any atom is -0.491 e. The standard InChI is InChI=1S/C43H58ClN5O9S/c1-25(2)56-31-15-13-28(14-16-31)33-20-30(44)21-35(45-33)57-32-22-34-37(50)47-43(39(52)48-59(54,55)42(8)17-18-42)23-29(43)12-10-9-11-26(3)19-27(4)36(38(51)49(34)24-32)46-40(53)58-41(5,6)7/h10,12-16,20-21,25-27,29,32,34,36H,9,11,17-19,22-24H2,1-8H3,(H,46,53)(H,47,50)(H,48,52). The van der Waals surface area contributed by atoms with Gasteiger partial charge in [0.1, 0.15) is 35.1 Å². The number of alkyl carbamates (subject to hydrolysis) is 1. The van der Waals surface area contributed by atoms with Crippen molar-refractivity contribution in [3.63, 3.8) is 0 Å². The highest BCUT2D eigenvalue weighted by molar-refractivity contribution is 7.91. The fourth-order valence-electron chi connectivity index (χ4n) is 7.86. The lowest BCUT2D eigenvalue weighted by atomic mass is 9.88. The number of carbonyl (C=O) groups excluding carboxylic acids is 4. The molecular formula is C43H58ClN5O9S. The van der Waals surface area contributed by atoms with Crippen molar-refractivity contribution in [2.45, 2.75) is 141 Å². The number of sulfonamides is 1. The molecule has 1 aromatic carbocycles. The van der Waals surface area contributed by atoms with E-state index in [1.807, 2.05) is 57.2 Å². The van der Waals surface area contributed by atoms with E-state index >= 15 is 0 Å². The third-order valence-electron chi connectivity index (χ3n) is 11.5. The summed E-state index contributed by atoms with van der Waals surface area (Å²) in [5.41, 5.74) is -1.09. The van der Waals surface area contributed by atoms with Gasteiger partial charge >= 0.3 is 6.09 Å². The topological polar surface area (TPSA) is 182 Å². The number of allylic oxidation sites excluding steroid dienone is 1. The molecule has 4 aliphatic rings. The zero-order chi connectivity index (χ0) is 43.1. The number of aromatic nitrogens is 1. The maximum atomic E-state index is 14.8. The van der Waals surface area contributed by atoms with Crippen molar-refractivity contribution in [2.24, 2.45) is 17.8 Å². The van der Waals surface area contributed by atoms with Gasteiger partial charge in [-0.1, -0.05) is 37.6 Å². The van der Waals surface area contributed by atoms with Crippen molar-refractivity contribution >= 4 is 45.4 Å². The second-order valence-corrected chi connectivity index (χ2v) is 20.9. The first-order valence-corrected chi connectivity index (χ1v) is 22.4. The zero-order valence-electron chi connectivity index (χ0n) is 35.2. The van der Waals surface area contributed by atoms with Crippen molar-refractivity contribution in [1.82, 2.24) is 25.2 Å². The number of carbonyl (C=O) groups is 4. The fourth-order valence-corrected chi connectivity index (χ4v) is 9.37. The molecule has 3 N–H and O–H groups in total. The number of ether oxygens (including phenoxy) is 3. The van der Waals surface area contributed by atoms with Crippen molar-refractivity contribution in [3.8, 4) is 22.9 Å². The molecular weight excluding hydrogens is 798 g/mol. The van der Waals surface area contributed by atoms with Crippen LogP contribution in [0.2, 0.25) is 5.02 Å². The minimum absolute atomic E-state index is 0.000847. The molecule has 59 heavy (non-hydrogen) atoms. The molecule has 0 radical (unpaired) electrons. The molecule has 1 aromatic heterocycles. The second kappa shape index (κ2) is 16.9. The van der Waals surface area contributed by atoms with Gasteiger partial charge in [0.25, 0.3) is 5.91 Å². The predicted molar refractivity (Wildman–Crippen MR) is 223 cm³/mol. The summed E-state index contributed by atoms with van der Waals surface area (Å²) in [7, 11) is -4.01. The first-order chi connectivity index (χ1) is 27.6. The number of rotatable bonds is 9. The number of hydrogen-bond donors (Lipinski definition) is 3. The van der Waals surface area contributed by atoms with Crippen molar-refractivity contribution in [2.75, 3.05) is 6.54 Å². The molecule has 2 aliphatic carbocycles. The second-order valence-electron chi connectivity index (χ2n) is 18.3. The van der Waals surface area contributed by atoms with Crippen molar-refractivity contribution in [3.05, 3.63) is 53.6 Å². The summed E-state index contributed by atoms with van der Waals surface area (Å²) < 4.78 is 45.4. The van der Waals surface area contributed by atoms with E-state index in [4.69, 9.17) is 30.8 Å². The van der Waals surface area contributed by atoms with E-state index in [9.17, 15) is 27.6 Å². The van der Waals surface area contributed by atoms with Gasteiger partial charge in [-0.2, -0.15) is 0 Å². The van der Waals surface area contributed by atoms with E-state index in [-0.39, 0.29) is 43.2 Å². The van der Waals surface area contributed by atoms with E-state index in [0.29, 0.717) is 42.1 Å². The van der Waals surface area contributed by atoms with E-state index < -0.39 is 73.8 Å². The molecule has 2 saturated carbocycles. The number of fused-ring (bicyclic) bond motifs is 2. The summed E-state index contributed by atoms with van der Waals surface area (Å²) in [6.45, 7) is 14.5. The Morgan fingerprint density at radius 2 is 1.76 bits per heavy atom. The third kappa shape index (κ3) is 10.5. The van der Waals surface area contributed by atoms with Gasteiger partial charge in [0, 0.05) is 29.0 Å². The van der Waals surface area contributed by atoms with Gasteiger partial charge in [-0.25, -0.2) is 18.2 Å². The van der Waals surface area contributed by atoms with Crippen LogP contribution in [0.15, 0.2) is 48.6 Å². The van der Waals surface area contributed by atoms with Gasteiger partial charge in [0.2, 0.25) is 27.7 Å². The van der Waals surface area contributed by atoms with Crippen LogP contribution in [0, 0.1) is 17.8 Å². The Hall–Kier alpha value is -4.37. The Labute approximate surface area is 352 Å². The average Bonchev–Trinajstić information content (AvgIpc) is 4.01. The smallest absolute Gasteiger partial charge is 0.408 e. The van der Waals surface area contributed by atoms with Crippen LogP contribution in [-0.2, 0) is 29.1 Å². The fraction of sp³-hybridized carbons (Fsp3) is 0.605. The molecule has 0 bridgehead atoms. The number of nitrogens with one attached hydrogen (secondary N) is 3. The number of halogens is 1. The zero-order valence-corrected chi connectivity index (χ0v) is 36.7. The van der Waals surface area contributed by atoms with E-state index in [2.05, 4.69) is 22.3 Å². The summed E-state index contributed by atoms with van der Waals surface area (Å²) in [6, 6.07) is 8.41. The molecule has 6 rings (SSSR count). The van der Waals surface area contributed by atoms with Crippen molar-refractivity contribution < 1.29 is 41.8 Å². The number of amides is 4. The lowest BCUT2D eigenvalue weighted by Gasteiger charge is -2.33. The molecule has 7 atom stereocenters. The first kappa shape index (κ1) is 44.2. The van der Waals surface area contributed by atoms with Crippen LogP contribution in [0.3, 0.4) is 0 Å². The molecule has 14 nitrogen and oxygen atoms in total. The molecule has 16 heteroatoms. The Bertz CT molecular complexity index is 2070. The molecule has 2 aliphatic heterocycles. The predicted octanol–water partition coefficient (Wildman–Crippen LogP) is 6.32. The van der Waals surface area contributed by atoms with Gasteiger partial charge < -0.3 is 29.7 Å². The molecule has 2 aromatic rings. The molecule has 4 amide bonds. The van der Waals surface area contributed by atoms with Gasteiger partial charge in [0.15, 0.2) is 0 Å². The van der Waals surface area contributed by atoms with E-state index in [1.54, 1.807) is 39.8 Å². The van der Waals surface area contributed by atoms with Gasteiger partial charge in [-0.3, -0.25) is 19.1 Å². The molecule has 322 valence electrons. The Balaban J connectivity index is 1.32. The first-order valence-electron chi connectivity index (χ1n) is 20.5. The molecule has 3 heterocycles. The van der Waals surface area contributed by atoms with Gasteiger partial charge in [0.05, 0.1) is 23.1 Å².